The summed E-state index contributed by atoms with van der Waals surface area (Å²) in [6.07, 6.45) is 3.26. The van der Waals surface area contributed by atoms with Crippen molar-refractivity contribution in [1.82, 2.24) is 0 Å². The predicted octanol–water partition coefficient (Wildman–Crippen LogP) is 3.69. The maximum atomic E-state index is 12.4. The summed E-state index contributed by atoms with van der Waals surface area (Å²) in [4.78, 5) is 12.3. The second-order valence-corrected chi connectivity index (χ2v) is 7.86. The molecule has 0 saturated heterocycles. The fourth-order valence-corrected chi connectivity index (χ4v) is 3.16. The van der Waals surface area contributed by atoms with Gasteiger partial charge in [-0.2, -0.15) is 0 Å². The van der Waals surface area contributed by atoms with Crippen LogP contribution < -0.4 is 10.5 Å². The Hall–Kier alpha value is -1.70. The Balaban J connectivity index is 2.18. The van der Waals surface area contributed by atoms with Crippen molar-refractivity contribution >= 4 is 37.5 Å². The molecule has 2 aromatic carbocycles. The van der Waals surface area contributed by atoms with E-state index >= 15 is 0 Å². The van der Waals surface area contributed by atoms with E-state index < -0.39 is 15.9 Å². The second kappa shape index (κ2) is 7.92. The molecule has 0 atom stereocenters. The van der Waals surface area contributed by atoms with E-state index in [-0.39, 0.29) is 10.5 Å². The Labute approximate surface area is 150 Å². The number of carbonyl (C=O) groups is 1. The number of amides is 1. The van der Waals surface area contributed by atoms with E-state index in [0.29, 0.717) is 10.2 Å². The normalized spacial score (nSPS) is 11.3. The van der Waals surface area contributed by atoms with Gasteiger partial charge in [-0.3, -0.25) is 4.79 Å². The number of hydrogen-bond donors (Lipinski definition) is 2. The van der Waals surface area contributed by atoms with Crippen LogP contribution in [-0.2, 0) is 16.4 Å². The molecule has 0 bridgehead atoms. The second-order valence-electron chi connectivity index (χ2n) is 5.44. The van der Waals surface area contributed by atoms with Crippen LogP contribution in [0.15, 0.2) is 51.8 Å². The van der Waals surface area contributed by atoms with Crippen LogP contribution in [-0.4, -0.2) is 14.3 Å². The van der Waals surface area contributed by atoms with Crippen LogP contribution in [0.2, 0.25) is 0 Å². The van der Waals surface area contributed by atoms with Crippen LogP contribution >= 0.6 is 15.9 Å². The monoisotopic (exact) mass is 410 g/mol. The molecule has 0 aliphatic carbocycles. The maximum absolute atomic E-state index is 12.4. The average molecular weight is 411 g/mol. The zero-order valence-electron chi connectivity index (χ0n) is 13.3. The fraction of sp³-hybridized carbons (Fsp3) is 0.235. The zero-order chi connectivity index (χ0) is 17.7. The van der Waals surface area contributed by atoms with Crippen LogP contribution in [0, 0.1) is 0 Å². The van der Waals surface area contributed by atoms with Crippen LogP contribution in [0.3, 0.4) is 0 Å². The first-order valence-corrected chi connectivity index (χ1v) is 9.88. The number of primary sulfonamides is 1. The highest BCUT2D eigenvalue weighted by Gasteiger charge is 2.15. The summed E-state index contributed by atoms with van der Waals surface area (Å²) in [5.41, 5.74) is 2.07. The summed E-state index contributed by atoms with van der Waals surface area (Å²) in [7, 11) is -3.86. The molecule has 0 saturated carbocycles. The Morgan fingerprint density at radius 1 is 1.17 bits per heavy atom. The molecule has 0 aliphatic heterocycles. The smallest absolute Gasteiger partial charge is 0.256 e. The third-order valence-electron chi connectivity index (χ3n) is 3.54. The van der Waals surface area contributed by atoms with Gasteiger partial charge in [0.1, 0.15) is 0 Å². The number of anilines is 1. The number of carbonyl (C=O) groups excluding carboxylic acids is 1. The van der Waals surface area contributed by atoms with Crippen molar-refractivity contribution in [2.75, 3.05) is 5.32 Å². The van der Waals surface area contributed by atoms with Crippen LogP contribution in [0.5, 0.6) is 0 Å². The zero-order valence-corrected chi connectivity index (χ0v) is 15.7. The number of rotatable bonds is 6. The number of nitrogens with two attached hydrogens (primary N) is 1. The summed E-state index contributed by atoms with van der Waals surface area (Å²) in [6, 6.07) is 11.7. The van der Waals surface area contributed by atoms with Gasteiger partial charge in [-0.15, -0.1) is 0 Å². The summed E-state index contributed by atoms with van der Waals surface area (Å²) in [5.74, 6) is -0.409. The van der Waals surface area contributed by atoms with Crippen molar-refractivity contribution in [1.29, 1.82) is 0 Å². The number of benzene rings is 2. The number of aryl methyl sites for hydroxylation is 1. The quantitative estimate of drug-likeness (QED) is 0.760. The standard InChI is InChI=1S/C17H19BrN2O3S/c1-2-3-4-12-5-7-13(8-6-12)20-17(21)15-11-14(24(19,22)23)9-10-16(15)18/h5-11H,2-4H2,1H3,(H,20,21)(H2,19,22,23). The maximum Gasteiger partial charge on any atom is 0.256 e. The third kappa shape index (κ3) is 4.90. The van der Waals surface area contributed by atoms with Gasteiger partial charge in [-0.1, -0.05) is 25.5 Å². The van der Waals surface area contributed by atoms with Gasteiger partial charge in [-0.05, 0) is 64.7 Å². The fourth-order valence-electron chi connectivity index (χ4n) is 2.19. The number of unbranched alkanes of at least 4 members (excludes halogenated alkanes) is 1. The lowest BCUT2D eigenvalue weighted by Gasteiger charge is -2.09. The van der Waals surface area contributed by atoms with E-state index in [1.165, 1.54) is 23.8 Å². The highest BCUT2D eigenvalue weighted by molar-refractivity contribution is 9.10. The summed E-state index contributed by atoms with van der Waals surface area (Å²) in [5, 5.41) is 7.87. The van der Waals surface area contributed by atoms with Crippen molar-refractivity contribution in [2.45, 2.75) is 31.1 Å². The molecule has 1 amide bonds. The van der Waals surface area contributed by atoms with E-state index in [1.807, 2.05) is 24.3 Å². The topological polar surface area (TPSA) is 89.3 Å². The van der Waals surface area contributed by atoms with Gasteiger partial charge in [-0.25, -0.2) is 13.6 Å². The Kier molecular flexibility index (Phi) is 6.15. The van der Waals surface area contributed by atoms with Gasteiger partial charge in [0.25, 0.3) is 5.91 Å². The SMILES string of the molecule is CCCCc1ccc(NC(=O)c2cc(S(N)(=O)=O)ccc2Br)cc1. The molecule has 24 heavy (non-hydrogen) atoms. The summed E-state index contributed by atoms with van der Waals surface area (Å²) in [6.45, 7) is 2.14. The van der Waals surface area contributed by atoms with Crippen LogP contribution in [0.25, 0.3) is 0 Å². The molecule has 0 radical (unpaired) electrons. The molecule has 0 aromatic heterocycles. The van der Waals surface area contributed by atoms with Crippen molar-refractivity contribution in [3.8, 4) is 0 Å². The lowest BCUT2D eigenvalue weighted by Crippen LogP contribution is -2.16. The highest BCUT2D eigenvalue weighted by atomic mass is 79.9. The van der Waals surface area contributed by atoms with E-state index in [2.05, 4.69) is 28.2 Å². The minimum Gasteiger partial charge on any atom is -0.322 e. The van der Waals surface area contributed by atoms with Gasteiger partial charge in [0.2, 0.25) is 10.0 Å². The first-order chi connectivity index (χ1) is 11.3. The molecule has 2 rings (SSSR count). The average Bonchev–Trinajstić information content (AvgIpc) is 2.53. The number of sulfonamides is 1. The Morgan fingerprint density at radius 3 is 2.42 bits per heavy atom. The molecule has 128 valence electrons. The molecule has 0 aliphatic rings. The number of halogens is 1. The van der Waals surface area contributed by atoms with E-state index in [4.69, 9.17) is 5.14 Å². The lowest BCUT2D eigenvalue weighted by atomic mass is 10.1. The molecule has 5 nitrogen and oxygen atoms in total. The first-order valence-electron chi connectivity index (χ1n) is 7.54. The van der Waals surface area contributed by atoms with E-state index in [9.17, 15) is 13.2 Å². The van der Waals surface area contributed by atoms with Gasteiger partial charge in [0.05, 0.1) is 10.5 Å². The molecule has 0 spiro atoms. The first kappa shape index (κ1) is 18.6. The minimum atomic E-state index is -3.86. The minimum absolute atomic E-state index is 0.106. The highest BCUT2D eigenvalue weighted by Crippen LogP contribution is 2.22. The largest absolute Gasteiger partial charge is 0.322 e. The van der Waals surface area contributed by atoms with Crippen LogP contribution in [0.1, 0.15) is 35.7 Å². The van der Waals surface area contributed by atoms with Gasteiger partial charge in [0, 0.05) is 10.2 Å². The lowest BCUT2D eigenvalue weighted by molar-refractivity contribution is 0.102. The number of nitrogens with one attached hydrogen (secondary N) is 1. The molecular weight excluding hydrogens is 392 g/mol. The van der Waals surface area contributed by atoms with Gasteiger partial charge < -0.3 is 5.32 Å². The van der Waals surface area contributed by atoms with E-state index in [0.717, 1.165) is 19.3 Å². The van der Waals surface area contributed by atoms with Crippen molar-refractivity contribution in [2.24, 2.45) is 5.14 Å². The predicted molar refractivity (Wildman–Crippen MR) is 98.5 cm³/mol. The van der Waals surface area contributed by atoms with Crippen molar-refractivity contribution in [3.05, 3.63) is 58.1 Å². The van der Waals surface area contributed by atoms with Crippen LogP contribution in [0.4, 0.5) is 5.69 Å². The van der Waals surface area contributed by atoms with Gasteiger partial charge in [0.15, 0.2) is 0 Å². The molecule has 2 aromatic rings. The van der Waals surface area contributed by atoms with Gasteiger partial charge >= 0.3 is 0 Å². The third-order valence-corrected chi connectivity index (χ3v) is 5.14. The number of hydrogen-bond acceptors (Lipinski definition) is 3. The molecule has 0 unspecified atom stereocenters. The molecular formula is C17H19BrN2O3S. The van der Waals surface area contributed by atoms with Crippen molar-refractivity contribution < 1.29 is 13.2 Å². The van der Waals surface area contributed by atoms with E-state index in [1.54, 1.807) is 0 Å². The molecule has 3 N–H and O–H groups in total. The molecule has 7 heteroatoms. The van der Waals surface area contributed by atoms with Crippen molar-refractivity contribution in [3.63, 3.8) is 0 Å². The molecule has 0 fully saturated rings. The molecule has 0 heterocycles. The summed E-state index contributed by atoms with van der Waals surface area (Å²) >= 11 is 3.25. The Morgan fingerprint density at radius 2 is 1.83 bits per heavy atom. The summed E-state index contributed by atoms with van der Waals surface area (Å²) < 4.78 is 23.4. The Bertz CT molecular complexity index is 833.